The molecule has 0 aliphatic heterocycles. The average molecular weight is 365 g/mol. The molecule has 0 N–H and O–H groups in total. The zero-order valence-corrected chi connectivity index (χ0v) is 16.4. The molecule has 0 spiro atoms. The number of rotatable bonds is 6. The van der Waals surface area contributed by atoms with Gasteiger partial charge in [-0.2, -0.15) is 4.39 Å². The summed E-state index contributed by atoms with van der Waals surface area (Å²) in [4.78, 5) is 0. The highest BCUT2D eigenvalue weighted by molar-refractivity contribution is 5.31. The van der Waals surface area contributed by atoms with Crippen molar-refractivity contribution in [1.82, 2.24) is 0 Å². The van der Waals surface area contributed by atoms with Gasteiger partial charge >= 0.3 is 0 Å². The molecule has 0 heterocycles. The Morgan fingerprint density at radius 1 is 0.885 bits per heavy atom. The summed E-state index contributed by atoms with van der Waals surface area (Å²) >= 11 is 0. The smallest absolute Gasteiger partial charge is 0.200 e. The van der Waals surface area contributed by atoms with Crippen LogP contribution >= 0.6 is 0 Å². The third-order valence-electron chi connectivity index (χ3n) is 6.87. The lowest BCUT2D eigenvalue weighted by atomic mass is 9.69. The van der Waals surface area contributed by atoms with Crippen molar-refractivity contribution in [1.29, 1.82) is 0 Å². The maximum absolute atomic E-state index is 14.2. The van der Waals surface area contributed by atoms with Gasteiger partial charge in [-0.05, 0) is 80.8 Å². The fourth-order valence-electron chi connectivity index (χ4n) is 5.10. The number of hydrogen-bond donors (Lipinski definition) is 0. The molecule has 2 aliphatic carbocycles. The Bertz CT molecular complexity index is 570. The molecule has 3 heteroatoms. The predicted octanol–water partition coefficient (Wildman–Crippen LogP) is 6.93. The Morgan fingerprint density at radius 3 is 2.12 bits per heavy atom. The van der Waals surface area contributed by atoms with Crippen molar-refractivity contribution < 1.29 is 13.5 Å². The van der Waals surface area contributed by atoms with E-state index in [1.54, 1.807) is 19.1 Å². The minimum Gasteiger partial charge on any atom is -0.491 e. The van der Waals surface area contributed by atoms with Gasteiger partial charge in [0.25, 0.3) is 0 Å². The van der Waals surface area contributed by atoms with Crippen LogP contribution in [-0.4, -0.2) is 6.61 Å². The van der Waals surface area contributed by atoms with Crippen molar-refractivity contribution in [2.75, 3.05) is 6.61 Å². The molecule has 2 aliphatic rings. The van der Waals surface area contributed by atoms with E-state index in [1.165, 1.54) is 51.4 Å². The summed E-state index contributed by atoms with van der Waals surface area (Å²) in [5, 5.41) is 0. The average Bonchev–Trinajstić information content (AvgIpc) is 2.66. The van der Waals surface area contributed by atoms with E-state index in [2.05, 4.69) is 6.92 Å². The van der Waals surface area contributed by atoms with E-state index in [9.17, 15) is 8.78 Å². The van der Waals surface area contributed by atoms with E-state index in [0.29, 0.717) is 24.5 Å². The molecule has 1 aromatic carbocycles. The maximum Gasteiger partial charge on any atom is 0.200 e. The van der Waals surface area contributed by atoms with Gasteiger partial charge in [0, 0.05) is 0 Å². The van der Waals surface area contributed by atoms with E-state index >= 15 is 0 Å². The molecule has 3 rings (SSSR count). The first-order valence-electron chi connectivity index (χ1n) is 10.7. The summed E-state index contributed by atoms with van der Waals surface area (Å²) in [6.45, 7) is 4.50. The van der Waals surface area contributed by atoms with Gasteiger partial charge in [-0.25, -0.2) is 4.39 Å². The first-order chi connectivity index (χ1) is 12.6. The standard InChI is InChI=1S/C23H34F2O/c1-3-26-21-15-14-20(22(24)23(21)25)13-8-17-6-11-19(12-7-17)18-9-4-16(2)5-10-18/h14-19H,3-13H2,1-2H3. The fourth-order valence-corrected chi connectivity index (χ4v) is 5.10. The number of aryl methyl sites for hydroxylation is 1. The minimum absolute atomic E-state index is 0.0241. The molecule has 0 bridgehead atoms. The number of halogens is 2. The van der Waals surface area contributed by atoms with Crippen molar-refractivity contribution in [3.63, 3.8) is 0 Å². The summed E-state index contributed by atoms with van der Waals surface area (Å²) in [5.41, 5.74) is 0.495. The summed E-state index contributed by atoms with van der Waals surface area (Å²) in [6.07, 6.45) is 12.5. The second kappa shape index (κ2) is 9.19. The van der Waals surface area contributed by atoms with Crippen LogP contribution in [0.1, 0.15) is 77.2 Å². The lowest BCUT2D eigenvalue weighted by molar-refractivity contribution is 0.147. The summed E-state index contributed by atoms with van der Waals surface area (Å²) < 4.78 is 33.3. The van der Waals surface area contributed by atoms with Crippen LogP contribution < -0.4 is 4.74 Å². The topological polar surface area (TPSA) is 9.23 Å². The molecule has 0 radical (unpaired) electrons. The number of benzene rings is 1. The third-order valence-corrected chi connectivity index (χ3v) is 6.87. The van der Waals surface area contributed by atoms with E-state index < -0.39 is 11.6 Å². The summed E-state index contributed by atoms with van der Waals surface area (Å²) in [6, 6.07) is 3.26. The first kappa shape index (κ1) is 19.6. The minimum atomic E-state index is -0.834. The predicted molar refractivity (Wildman–Crippen MR) is 102 cm³/mol. The second-order valence-corrected chi connectivity index (χ2v) is 8.62. The lowest BCUT2D eigenvalue weighted by Crippen LogP contribution is -2.25. The van der Waals surface area contributed by atoms with Crippen molar-refractivity contribution in [2.24, 2.45) is 23.7 Å². The van der Waals surface area contributed by atoms with Crippen LogP contribution in [0.3, 0.4) is 0 Å². The Labute approximate surface area is 157 Å². The Hall–Kier alpha value is -1.12. The normalized spacial score (nSPS) is 29.5. The Kier molecular flexibility index (Phi) is 6.94. The molecule has 2 saturated carbocycles. The quantitative estimate of drug-likeness (QED) is 0.532. The monoisotopic (exact) mass is 364 g/mol. The molecule has 0 aromatic heterocycles. The van der Waals surface area contributed by atoms with Crippen LogP contribution in [0.25, 0.3) is 0 Å². The van der Waals surface area contributed by atoms with Gasteiger partial charge in [0.05, 0.1) is 6.61 Å². The highest BCUT2D eigenvalue weighted by Gasteiger charge is 2.30. The van der Waals surface area contributed by atoms with Crippen LogP contribution in [0.15, 0.2) is 12.1 Å². The van der Waals surface area contributed by atoms with Crippen molar-refractivity contribution in [3.8, 4) is 5.75 Å². The molecule has 1 aromatic rings. The third kappa shape index (κ3) is 4.78. The van der Waals surface area contributed by atoms with E-state index in [-0.39, 0.29) is 5.75 Å². The molecule has 26 heavy (non-hydrogen) atoms. The van der Waals surface area contributed by atoms with Crippen LogP contribution in [0.2, 0.25) is 0 Å². The molecule has 1 nitrogen and oxygen atoms in total. The maximum atomic E-state index is 14.2. The van der Waals surface area contributed by atoms with Gasteiger partial charge in [-0.3, -0.25) is 0 Å². The van der Waals surface area contributed by atoms with E-state index in [4.69, 9.17) is 4.74 Å². The largest absolute Gasteiger partial charge is 0.491 e. The van der Waals surface area contributed by atoms with Crippen molar-refractivity contribution in [2.45, 2.75) is 78.1 Å². The van der Waals surface area contributed by atoms with Crippen molar-refractivity contribution in [3.05, 3.63) is 29.3 Å². The van der Waals surface area contributed by atoms with Gasteiger partial charge in [0.2, 0.25) is 5.82 Å². The van der Waals surface area contributed by atoms with Gasteiger partial charge < -0.3 is 4.74 Å². The lowest BCUT2D eigenvalue weighted by Gasteiger charge is -2.37. The molecule has 0 amide bonds. The molecule has 146 valence electrons. The summed E-state index contributed by atoms with van der Waals surface area (Å²) in [5.74, 6) is 1.93. The fraction of sp³-hybridized carbons (Fsp3) is 0.739. The van der Waals surface area contributed by atoms with Gasteiger partial charge in [-0.15, -0.1) is 0 Å². The summed E-state index contributed by atoms with van der Waals surface area (Å²) in [7, 11) is 0. The van der Waals surface area contributed by atoms with Gasteiger partial charge in [0.1, 0.15) is 0 Å². The molecule has 0 atom stereocenters. The number of hydrogen-bond acceptors (Lipinski definition) is 1. The molecule has 0 unspecified atom stereocenters. The van der Waals surface area contributed by atoms with Crippen LogP contribution in [0, 0.1) is 35.3 Å². The first-order valence-corrected chi connectivity index (χ1v) is 10.7. The van der Waals surface area contributed by atoms with Gasteiger partial charge in [-0.1, -0.05) is 38.7 Å². The molecular weight excluding hydrogens is 330 g/mol. The second-order valence-electron chi connectivity index (χ2n) is 8.62. The van der Waals surface area contributed by atoms with Crippen LogP contribution in [0.4, 0.5) is 8.78 Å². The van der Waals surface area contributed by atoms with Crippen LogP contribution in [-0.2, 0) is 6.42 Å². The Morgan fingerprint density at radius 2 is 1.50 bits per heavy atom. The van der Waals surface area contributed by atoms with Gasteiger partial charge in [0.15, 0.2) is 11.6 Å². The molecule has 2 fully saturated rings. The van der Waals surface area contributed by atoms with E-state index in [0.717, 1.165) is 24.2 Å². The Balaban J connectivity index is 1.46. The SMILES string of the molecule is CCOc1ccc(CCC2CCC(C3CCC(C)CC3)CC2)c(F)c1F. The molecule has 0 saturated heterocycles. The molecular formula is C23H34F2O. The highest BCUT2D eigenvalue weighted by Crippen LogP contribution is 2.42. The zero-order chi connectivity index (χ0) is 18.5. The highest BCUT2D eigenvalue weighted by atomic mass is 19.2. The number of ether oxygens (including phenoxy) is 1. The zero-order valence-electron chi connectivity index (χ0n) is 16.4. The van der Waals surface area contributed by atoms with E-state index in [1.807, 2.05) is 0 Å². The van der Waals surface area contributed by atoms with Crippen molar-refractivity contribution >= 4 is 0 Å². The van der Waals surface area contributed by atoms with Crippen LogP contribution in [0.5, 0.6) is 5.75 Å².